The summed E-state index contributed by atoms with van der Waals surface area (Å²) in [6, 6.07) is 1.42. The first-order valence-corrected chi connectivity index (χ1v) is 7.17. The van der Waals surface area contributed by atoms with E-state index in [1.54, 1.807) is 0 Å². The fourth-order valence-corrected chi connectivity index (χ4v) is 4.31. The number of nitrogens with one attached hydrogen (secondary N) is 1. The quantitative estimate of drug-likeness (QED) is 0.773. The average molecular weight is 237 g/mol. The van der Waals surface area contributed by atoms with Crippen LogP contribution in [0.2, 0.25) is 0 Å². The van der Waals surface area contributed by atoms with E-state index in [-0.39, 0.29) is 0 Å². The van der Waals surface area contributed by atoms with Crippen molar-refractivity contribution in [2.24, 2.45) is 10.8 Å². The standard InChI is InChI=1S/C14H27N3/c1-11(2)16-7-13-5-15-6-14(13,8-16)10-17(9-13)12(3)4/h11-12,15H,5-10H2,1-4H3. The molecule has 0 aliphatic carbocycles. The first-order valence-electron chi connectivity index (χ1n) is 7.17. The van der Waals surface area contributed by atoms with E-state index in [4.69, 9.17) is 0 Å². The van der Waals surface area contributed by atoms with Crippen LogP contribution in [-0.2, 0) is 0 Å². The van der Waals surface area contributed by atoms with Crippen LogP contribution in [0.25, 0.3) is 0 Å². The van der Waals surface area contributed by atoms with Gasteiger partial charge in [-0.3, -0.25) is 9.80 Å². The molecule has 0 aromatic rings. The molecule has 3 aliphatic heterocycles. The van der Waals surface area contributed by atoms with Crippen LogP contribution in [0.1, 0.15) is 27.7 Å². The van der Waals surface area contributed by atoms with Gasteiger partial charge >= 0.3 is 0 Å². The Hall–Kier alpha value is -0.120. The minimum atomic E-state index is 0.543. The van der Waals surface area contributed by atoms with Crippen LogP contribution >= 0.6 is 0 Å². The van der Waals surface area contributed by atoms with Crippen molar-refractivity contribution in [1.82, 2.24) is 15.1 Å². The molecule has 0 radical (unpaired) electrons. The average Bonchev–Trinajstić information content (AvgIpc) is 2.72. The number of rotatable bonds is 2. The van der Waals surface area contributed by atoms with Crippen molar-refractivity contribution < 1.29 is 0 Å². The lowest BCUT2D eigenvalue weighted by molar-refractivity contribution is 0.165. The Morgan fingerprint density at radius 3 is 1.41 bits per heavy atom. The summed E-state index contributed by atoms with van der Waals surface area (Å²) in [5, 5.41) is 3.67. The summed E-state index contributed by atoms with van der Waals surface area (Å²) >= 11 is 0. The Morgan fingerprint density at radius 2 is 1.12 bits per heavy atom. The Bertz CT molecular complexity index is 269. The topological polar surface area (TPSA) is 18.5 Å². The monoisotopic (exact) mass is 237 g/mol. The van der Waals surface area contributed by atoms with E-state index in [0.717, 1.165) is 0 Å². The molecule has 3 nitrogen and oxygen atoms in total. The largest absolute Gasteiger partial charge is 0.315 e. The van der Waals surface area contributed by atoms with E-state index < -0.39 is 0 Å². The summed E-state index contributed by atoms with van der Waals surface area (Å²) in [6.07, 6.45) is 0. The molecule has 3 saturated heterocycles. The third-order valence-corrected chi connectivity index (χ3v) is 5.54. The third-order valence-electron chi connectivity index (χ3n) is 5.54. The summed E-state index contributed by atoms with van der Waals surface area (Å²) in [4.78, 5) is 5.41. The fraction of sp³-hybridized carbons (Fsp3) is 1.00. The molecule has 1 N–H and O–H groups in total. The minimum Gasteiger partial charge on any atom is -0.315 e. The molecule has 17 heavy (non-hydrogen) atoms. The SMILES string of the molecule is CC(C)N1CC23CNCC2(C1)CN(C(C)C)C3. The van der Waals surface area contributed by atoms with Crippen molar-refractivity contribution in [3.05, 3.63) is 0 Å². The number of hydrogen-bond donors (Lipinski definition) is 1. The maximum Gasteiger partial charge on any atom is 0.0175 e. The van der Waals surface area contributed by atoms with Crippen LogP contribution in [0.4, 0.5) is 0 Å². The maximum absolute atomic E-state index is 3.67. The molecule has 3 heterocycles. The Morgan fingerprint density at radius 1 is 0.765 bits per heavy atom. The van der Waals surface area contributed by atoms with Gasteiger partial charge in [0.25, 0.3) is 0 Å². The van der Waals surface area contributed by atoms with Gasteiger partial charge in [0.15, 0.2) is 0 Å². The second kappa shape index (κ2) is 3.69. The summed E-state index contributed by atoms with van der Waals surface area (Å²) in [6.45, 7) is 17.1. The lowest BCUT2D eigenvalue weighted by Gasteiger charge is -2.31. The van der Waals surface area contributed by atoms with Crippen molar-refractivity contribution in [1.29, 1.82) is 0 Å². The van der Waals surface area contributed by atoms with Gasteiger partial charge in [-0.1, -0.05) is 0 Å². The molecule has 98 valence electrons. The highest BCUT2D eigenvalue weighted by molar-refractivity contribution is 5.19. The summed E-state index contributed by atoms with van der Waals surface area (Å²) in [7, 11) is 0. The second-order valence-corrected chi connectivity index (χ2v) is 7.16. The van der Waals surface area contributed by atoms with Crippen molar-refractivity contribution in [2.45, 2.75) is 39.8 Å². The van der Waals surface area contributed by atoms with Gasteiger partial charge < -0.3 is 5.32 Å². The van der Waals surface area contributed by atoms with E-state index in [1.165, 1.54) is 39.3 Å². The summed E-state index contributed by atoms with van der Waals surface area (Å²) in [5.41, 5.74) is 1.09. The van der Waals surface area contributed by atoms with E-state index >= 15 is 0 Å². The molecule has 3 rings (SSSR count). The number of likely N-dealkylation sites (tertiary alicyclic amines) is 2. The highest BCUT2D eigenvalue weighted by Crippen LogP contribution is 2.54. The van der Waals surface area contributed by atoms with E-state index in [9.17, 15) is 0 Å². The summed E-state index contributed by atoms with van der Waals surface area (Å²) in [5.74, 6) is 0. The second-order valence-electron chi connectivity index (χ2n) is 7.16. The van der Waals surface area contributed by atoms with Crippen LogP contribution in [0, 0.1) is 10.8 Å². The zero-order valence-corrected chi connectivity index (χ0v) is 11.8. The van der Waals surface area contributed by atoms with Crippen molar-refractivity contribution in [2.75, 3.05) is 39.3 Å². The summed E-state index contributed by atoms with van der Waals surface area (Å²) < 4.78 is 0. The smallest absolute Gasteiger partial charge is 0.0175 e. The Labute approximate surface area is 106 Å². The van der Waals surface area contributed by atoms with Crippen molar-refractivity contribution in [3.8, 4) is 0 Å². The van der Waals surface area contributed by atoms with E-state index in [1.807, 2.05) is 0 Å². The van der Waals surface area contributed by atoms with Gasteiger partial charge in [0.2, 0.25) is 0 Å². The molecular formula is C14H27N3. The zero-order chi connectivity index (χ0) is 12.3. The molecule has 0 bridgehead atoms. The lowest BCUT2D eigenvalue weighted by atomic mass is 9.71. The first-order chi connectivity index (χ1) is 7.98. The van der Waals surface area contributed by atoms with Gasteiger partial charge in [-0.15, -0.1) is 0 Å². The molecule has 0 atom stereocenters. The molecular weight excluding hydrogens is 210 g/mol. The van der Waals surface area contributed by atoms with Crippen molar-refractivity contribution >= 4 is 0 Å². The van der Waals surface area contributed by atoms with Gasteiger partial charge in [0.1, 0.15) is 0 Å². The predicted octanol–water partition coefficient (Wildman–Crippen LogP) is 1.01. The first kappa shape index (κ1) is 11.9. The van der Waals surface area contributed by atoms with Crippen LogP contribution in [0.15, 0.2) is 0 Å². The predicted molar refractivity (Wildman–Crippen MR) is 71.2 cm³/mol. The van der Waals surface area contributed by atoms with Crippen LogP contribution in [-0.4, -0.2) is 61.2 Å². The van der Waals surface area contributed by atoms with Gasteiger partial charge in [0.05, 0.1) is 0 Å². The van der Waals surface area contributed by atoms with Gasteiger partial charge in [-0.2, -0.15) is 0 Å². The number of hydrogen-bond acceptors (Lipinski definition) is 3. The van der Waals surface area contributed by atoms with Crippen LogP contribution in [0.5, 0.6) is 0 Å². The van der Waals surface area contributed by atoms with E-state index in [2.05, 4.69) is 42.8 Å². The van der Waals surface area contributed by atoms with Gasteiger partial charge in [-0.25, -0.2) is 0 Å². The molecule has 0 saturated carbocycles. The van der Waals surface area contributed by atoms with Gasteiger partial charge in [0, 0.05) is 62.2 Å². The molecule has 0 spiro atoms. The Balaban J connectivity index is 1.86. The maximum atomic E-state index is 3.67. The highest BCUT2D eigenvalue weighted by atomic mass is 15.3. The normalized spacial score (nSPS) is 42.7. The Kier molecular flexibility index (Phi) is 2.59. The third kappa shape index (κ3) is 1.52. The van der Waals surface area contributed by atoms with Crippen LogP contribution < -0.4 is 5.32 Å². The molecule has 3 heteroatoms. The lowest BCUT2D eigenvalue weighted by Crippen LogP contribution is -2.42. The molecule has 0 unspecified atom stereocenters. The number of nitrogens with zero attached hydrogens (tertiary/aromatic N) is 2. The molecule has 3 fully saturated rings. The molecule has 0 aromatic carbocycles. The van der Waals surface area contributed by atoms with E-state index in [0.29, 0.717) is 22.9 Å². The molecule has 0 aromatic heterocycles. The molecule has 3 aliphatic rings. The van der Waals surface area contributed by atoms with Crippen molar-refractivity contribution in [3.63, 3.8) is 0 Å². The zero-order valence-electron chi connectivity index (χ0n) is 11.8. The highest BCUT2D eigenvalue weighted by Gasteiger charge is 2.65. The van der Waals surface area contributed by atoms with Gasteiger partial charge in [-0.05, 0) is 27.7 Å². The molecule has 0 amide bonds. The van der Waals surface area contributed by atoms with Crippen LogP contribution in [0.3, 0.4) is 0 Å². The minimum absolute atomic E-state index is 0.543. The fourth-order valence-electron chi connectivity index (χ4n) is 4.31.